The number of aliphatic hydroxyl groups excluding tert-OH is 1. The zero-order valence-electron chi connectivity index (χ0n) is 9.89. The fraction of sp³-hybridized carbons (Fsp3) is 0.500. The van der Waals surface area contributed by atoms with Crippen LogP contribution in [0.3, 0.4) is 0 Å². The van der Waals surface area contributed by atoms with Crippen molar-refractivity contribution < 1.29 is 24.2 Å². The fourth-order valence-electron chi connectivity index (χ4n) is 2.21. The van der Waals surface area contributed by atoms with E-state index >= 15 is 0 Å². The van der Waals surface area contributed by atoms with Gasteiger partial charge in [-0.25, -0.2) is 0 Å². The molecule has 0 aromatic rings. The SMILES string of the molecule is COC1=CC(=O)C2=C(C1=O)[C@@H](O)[C@@H](C)O[C@@H]2C. The standard InChI is InChI=1S/C12H14O5/c1-5-9-7(13)4-8(16-3)12(15)10(9)11(14)6(2)17-5/h4-6,11,14H,1-3H3/t5-,6-,11+/m1/s1. The number of aliphatic hydroxyl groups is 1. The highest BCUT2D eigenvalue weighted by Gasteiger charge is 2.42. The number of rotatable bonds is 1. The van der Waals surface area contributed by atoms with E-state index in [0.717, 1.165) is 6.08 Å². The molecule has 0 aromatic heterocycles. The Morgan fingerprint density at radius 3 is 2.53 bits per heavy atom. The summed E-state index contributed by atoms with van der Waals surface area (Å²) >= 11 is 0. The van der Waals surface area contributed by atoms with Crippen molar-refractivity contribution in [3.8, 4) is 0 Å². The average molecular weight is 238 g/mol. The highest BCUT2D eigenvalue weighted by Crippen LogP contribution is 2.32. The molecule has 0 fully saturated rings. The molecule has 1 aliphatic carbocycles. The summed E-state index contributed by atoms with van der Waals surface area (Å²) in [5, 5.41) is 9.95. The van der Waals surface area contributed by atoms with Gasteiger partial charge in [0.15, 0.2) is 11.5 Å². The molecule has 3 atom stereocenters. The summed E-state index contributed by atoms with van der Waals surface area (Å²) in [6, 6.07) is 0. The van der Waals surface area contributed by atoms with E-state index in [1.807, 2.05) is 0 Å². The van der Waals surface area contributed by atoms with Gasteiger partial charge in [0.2, 0.25) is 5.78 Å². The first kappa shape index (κ1) is 12.0. The van der Waals surface area contributed by atoms with Crippen LogP contribution in [0.5, 0.6) is 0 Å². The molecule has 2 rings (SSSR count). The van der Waals surface area contributed by atoms with Crippen LogP contribution in [-0.4, -0.2) is 42.1 Å². The first-order valence-electron chi connectivity index (χ1n) is 5.39. The first-order valence-corrected chi connectivity index (χ1v) is 5.39. The van der Waals surface area contributed by atoms with E-state index in [1.165, 1.54) is 7.11 Å². The quantitative estimate of drug-likeness (QED) is 0.657. The van der Waals surface area contributed by atoms with Crippen LogP contribution in [0.25, 0.3) is 0 Å². The molecule has 2 aliphatic rings. The third-order valence-corrected chi connectivity index (χ3v) is 3.07. The van der Waals surface area contributed by atoms with Crippen LogP contribution in [-0.2, 0) is 19.1 Å². The lowest BCUT2D eigenvalue weighted by molar-refractivity contribution is -0.125. The molecule has 5 heteroatoms. The molecule has 0 unspecified atom stereocenters. The van der Waals surface area contributed by atoms with Gasteiger partial charge >= 0.3 is 0 Å². The summed E-state index contributed by atoms with van der Waals surface area (Å²) in [4.78, 5) is 23.9. The molecule has 0 amide bonds. The third-order valence-electron chi connectivity index (χ3n) is 3.07. The Morgan fingerprint density at radius 2 is 1.94 bits per heavy atom. The molecule has 1 heterocycles. The molecular formula is C12H14O5. The van der Waals surface area contributed by atoms with Crippen LogP contribution in [0.15, 0.2) is 23.0 Å². The van der Waals surface area contributed by atoms with Gasteiger partial charge in [-0.2, -0.15) is 0 Å². The lowest BCUT2D eigenvalue weighted by Gasteiger charge is -2.34. The summed E-state index contributed by atoms with van der Waals surface area (Å²) in [6.07, 6.45) is -0.952. The summed E-state index contributed by atoms with van der Waals surface area (Å²) in [5.41, 5.74) is 0.349. The van der Waals surface area contributed by atoms with Crippen LogP contribution in [0.4, 0.5) is 0 Å². The van der Waals surface area contributed by atoms with Gasteiger partial charge in [0, 0.05) is 17.2 Å². The molecule has 0 radical (unpaired) electrons. The van der Waals surface area contributed by atoms with E-state index in [0.29, 0.717) is 0 Å². The summed E-state index contributed by atoms with van der Waals surface area (Å²) in [6.45, 7) is 3.35. The van der Waals surface area contributed by atoms with Gasteiger partial charge in [0.1, 0.15) is 6.10 Å². The second-order valence-electron chi connectivity index (χ2n) is 4.16. The number of Topliss-reactive ketones (excluding diaryl/α,β-unsaturated/α-hetero) is 1. The zero-order chi connectivity index (χ0) is 12.7. The number of methoxy groups -OCH3 is 1. The van der Waals surface area contributed by atoms with Gasteiger partial charge < -0.3 is 14.6 Å². The van der Waals surface area contributed by atoms with E-state index in [4.69, 9.17) is 9.47 Å². The maximum Gasteiger partial charge on any atom is 0.226 e. The van der Waals surface area contributed by atoms with Gasteiger partial charge in [0.05, 0.1) is 19.3 Å². The van der Waals surface area contributed by atoms with Crippen LogP contribution >= 0.6 is 0 Å². The molecule has 0 aromatic carbocycles. The normalized spacial score (nSPS) is 33.4. The first-order chi connectivity index (χ1) is 7.97. The number of hydrogen-bond acceptors (Lipinski definition) is 5. The Bertz CT molecular complexity index is 446. The number of carbonyl (C=O) groups is 2. The molecule has 0 bridgehead atoms. The van der Waals surface area contributed by atoms with Crippen molar-refractivity contribution >= 4 is 11.6 Å². The molecular weight excluding hydrogens is 224 g/mol. The summed E-state index contributed by atoms with van der Waals surface area (Å²) < 4.78 is 10.3. The van der Waals surface area contributed by atoms with Gasteiger partial charge in [-0.1, -0.05) is 0 Å². The van der Waals surface area contributed by atoms with Gasteiger partial charge in [0.25, 0.3) is 0 Å². The van der Waals surface area contributed by atoms with Crippen molar-refractivity contribution in [3.63, 3.8) is 0 Å². The molecule has 0 spiro atoms. The Kier molecular flexibility index (Phi) is 2.89. The molecule has 0 saturated heterocycles. The second-order valence-corrected chi connectivity index (χ2v) is 4.16. The van der Waals surface area contributed by atoms with Crippen molar-refractivity contribution in [1.82, 2.24) is 0 Å². The zero-order valence-corrected chi connectivity index (χ0v) is 9.89. The van der Waals surface area contributed by atoms with Crippen molar-refractivity contribution in [1.29, 1.82) is 0 Å². The van der Waals surface area contributed by atoms with Gasteiger partial charge in [-0.15, -0.1) is 0 Å². The van der Waals surface area contributed by atoms with Crippen LogP contribution in [0.2, 0.25) is 0 Å². The average Bonchev–Trinajstić information content (AvgIpc) is 2.28. The van der Waals surface area contributed by atoms with Crippen LogP contribution in [0.1, 0.15) is 13.8 Å². The van der Waals surface area contributed by atoms with Gasteiger partial charge in [-0.3, -0.25) is 9.59 Å². The Labute approximate surface area is 98.7 Å². The van der Waals surface area contributed by atoms with E-state index in [2.05, 4.69) is 0 Å². The highest BCUT2D eigenvalue weighted by molar-refractivity contribution is 6.22. The van der Waals surface area contributed by atoms with E-state index in [1.54, 1.807) is 13.8 Å². The highest BCUT2D eigenvalue weighted by atomic mass is 16.5. The third kappa shape index (κ3) is 1.71. The molecule has 1 N–H and O–H groups in total. The Balaban J connectivity index is 2.53. The molecule has 92 valence electrons. The minimum atomic E-state index is -1.09. The second kappa shape index (κ2) is 4.09. The predicted molar refractivity (Wildman–Crippen MR) is 58.1 cm³/mol. The number of ether oxygens (including phenoxy) is 2. The fourth-order valence-corrected chi connectivity index (χ4v) is 2.21. The van der Waals surface area contributed by atoms with Crippen molar-refractivity contribution in [3.05, 3.63) is 23.0 Å². The number of carbonyl (C=O) groups excluding carboxylic acids is 2. The maximum absolute atomic E-state index is 12.0. The van der Waals surface area contributed by atoms with Crippen LogP contribution < -0.4 is 0 Å². The Hall–Kier alpha value is -1.46. The number of ketones is 2. The minimum Gasteiger partial charge on any atom is -0.493 e. The molecule has 5 nitrogen and oxygen atoms in total. The number of allylic oxidation sites excluding steroid dienone is 2. The lowest BCUT2D eigenvalue weighted by atomic mass is 9.83. The van der Waals surface area contributed by atoms with Gasteiger partial charge in [-0.05, 0) is 13.8 Å². The van der Waals surface area contributed by atoms with E-state index < -0.39 is 24.1 Å². The lowest BCUT2D eigenvalue weighted by Crippen LogP contribution is -2.44. The smallest absolute Gasteiger partial charge is 0.226 e. The van der Waals surface area contributed by atoms with Crippen molar-refractivity contribution in [2.75, 3.05) is 7.11 Å². The van der Waals surface area contributed by atoms with Crippen LogP contribution in [0, 0.1) is 0 Å². The largest absolute Gasteiger partial charge is 0.493 e. The van der Waals surface area contributed by atoms with E-state index in [-0.39, 0.29) is 22.7 Å². The maximum atomic E-state index is 12.0. The van der Waals surface area contributed by atoms with Crippen molar-refractivity contribution in [2.24, 2.45) is 0 Å². The van der Waals surface area contributed by atoms with E-state index in [9.17, 15) is 14.7 Å². The Morgan fingerprint density at radius 1 is 1.29 bits per heavy atom. The monoisotopic (exact) mass is 238 g/mol. The summed E-state index contributed by atoms with van der Waals surface area (Å²) in [5.74, 6) is -0.805. The summed E-state index contributed by atoms with van der Waals surface area (Å²) in [7, 11) is 1.32. The topological polar surface area (TPSA) is 72.8 Å². The predicted octanol–water partition coefficient (Wildman–Crippen LogP) is 0.133. The molecule has 1 aliphatic heterocycles. The molecule has 0 saturated carbocycles. The number of hydrogen-bond donors (Lipinski definition) is 1. The van der Waals surface area contributed by atoms with Crippen molar-refractivity contribution in [2.45, 2.75) is 32.2 Å². The molecule has 17 heavy (non-hydrogen) atoms. The minimum absolute atomic E-state index is 0.0332.